The monoisotopic (exact) mass is 467 g/mol. The zero-order valence-electron chi connectivity index (χ0n) is 18.2. The predicted octanol–water partition coefficient (Wildman–Crippen LogP) is 2.72. The summed E-state index contributed by atoms with van der Waals surface area (Å²) in [6, 6.07) is 11.5. The third kappa shape index (κ3) is 3.85. The first-order valence-electron chi connectivity index (χ1n) is 11.3. The van der Waals surface area contributed by atoms with Crippen LogP contribution in [0, 0.1) is 0 Å². The molecule has 2 saturated heterocycles. The number of hydrogen-bond donors (Lipinski definition) is 0. The molecule has 3 amide bonds. The number of piperidine rings is 1. The maximum Gasteiger partial charge on any atom is 0.258 e. The van der Waals surface area contributed by atoms with E-state index in [-0.39, 0.29) is 35.5 Å². The molecule has 0 radical (unpaired) electrons. The minimum atomic E-state index is -3.54. The van der Waals surface area contributed by atoms with Crippen LogP contribution in [0.3, 0.4) is 0 Å². The molecule has 8 nitrogen and oxygen atoms in total. The van der Waals surface area contributed by atoms with Crippen molar-refractivity contribution in [3.63, 3.8) is 0 Å². The number of rotatable bonds is 4. The van der Waals surface area contributed by atoms with E-state index in [1.807, 2.05) is 0 Å². The number of nitrogens with zero attached hydrogens (tertiary/aromatic N) is 3. The molecular formula is C24H25N3O5S. The van der Waals surface area contributed by atoms with Crippen molar-refractivity contribution >= 4 is 39.1 Å². The molecule has 0 spiro atoms. The summed E-state index contributed by atoms with van der Waals surface area (Å²) in [6.07, 6.45) is 3.72. The lowest BCUT2D eigenvalue weighted by Crippen LogP contribution is -2.35. The highest BCUT2D eigenvalue weighted by Crippen LogP contribution is 2.33. The third-order valence-electron chi connectivity index (χ3n) is 6.55. The fraction of sp³-hybridized carbons (Fsp3) is 0.375. The van der Waals surface area contributed by atoms with Gasteiger partial charge < -0.3 is 4.90 Å². The van der Waals surface area contributed by atoms with Crippen LogP contribution in [0.25, 0.3) is 0 Å². The minimum Gasteiger partial charge on any atom is -0.308 e. The number of amides is 3. The van der Waals surface area contributed by atoms with Crippen LogP contribution in [0.5, 0.6) is 0 Å². The maximum absolute atomic E-state index is 13.3. The van der Waals surface area contributed by atoms with E-state index in [4.69, 9.17) is 0 Å². The standard InChI is InChI=1S/C24H25N3O5S/c28-22-9-10-23(29)27(22)19-6-4-5-18(15-19)24(30)26-14-11-17-16-20(7-8-21(17)26)33(31,32)25-12-2-1-3-13-25/h4-8,15-16H,1-3,9-14H2. The third-order valence-corrected chi connectivity index (χ3v) is 8.44. The SMILES string of the molecule is O=C(c1cccc(N2C(=O)CCC2=O)c1)N1CCc2cc(S(=O)(=O)N3CCCCC3)ccc21. The van der Waals surface area contributed by atoms with Crippen molar-refractivity contribution < 1.29 is 22.8 Å². The topological polar surface area (TPSA) is 95.1 Å². The summed E-state index contributed by atoms with van der Waals surface area (Å²) in [7, 11) is -3.54. The molecular weight excluding hydrogens is 442 g/mol. The molecule has 0 saturated carbocycles. The highest BCUT2D eigenvalue weighted by molar-refractivity contribution is 7.89. The van der Waals surface area contributed by atoms with E-state index >= 15 is 0 Å². The van der Waals surface area contributed by atoms with Crippen molar-refractivity contribution in [1.29, 1.82) is 0 Å². The van der Waals surface area contributed by atoms with Gasteiger partial charge in [0.05, 0.1) is 10.6 Å². The molecule has 0 bridgehead atoms. The molecule has 5 rings (SSSR count). The summed E-state index contributed by atoms with van der Waals surface area (Å²) >= 11 is 0. The van der Waals surface area contributed by atoms with Gasteiger partial charge >= 0.3 is 0 Å². The largest absolute Gasteiger partial charge is 0.308 e. The Bertz CT molecular complexity index is 1230. The van der Waals surface area contributed by atoms with Crippen molar-refractivity contribution in [2.75, 3.05) is 29.4 Å². The summed E-state index contributed by atoms with van der Waals surface area (Å²) < 4.78 is 27.6. The molecule has 2 aromatic carbocycles. The Morgan fingerprint density at radius 2 is 1.55 bits per heavy atom. The van der Waals surface area contributed by atoms with Crippen LogP contribution in [0.15, 0.2) is 47.4 Å². The Morgan fingerprint density at radius 1 is 0.818 bits per heavy atom. The Hall–Kier alpha value is -3.04. The number of carbonyl (C=O) groups is 3. The van der Waals surface area contributed by atoms with Gasteiger partial charge in [-0.3, -0.25) is 19.3 Å². The van der Waals surface area contributed by atoms with Gasteiger partial charge in [-0.25, -0.2) is 8.42 Å². The van der Waals surface area contributed by atoms with Gasteiger partial charge in [-0.1, -0.05) is 12.5 Å². The smallest absolute Gasteiger partial charge is 0.258 e. The van der Waals surface area contributed by atoms with Gasteiger partial charge in [-0.2, -0.15) is 4.31 Å². The summed E-state index contributed by atoms with van der Waals surface area (Å²) in [5.41, 5.74) is 2.28. The van der Waals surface area contributed by atoms with Gasteiger partial charge in [0.2, 0.25) is 21.8 Å². The number of imide groups is 1. The van der Waals surface area contributed by atoms with E-state index in [0.29, 0.717) is 43.0 Å². The van der Waals surface area contributed by atoms with Gasteiger partial charge in [-0.15, -0.1) is 0 Å². The van der Waals surface area contributed by atoms with E-state index in [9.17, 15) is 22.8 Å². The van der Waals surface area contributed by atoms with Crippen LogP contribution < -0.4 is 9.80 Å². The molecule has 3 aliphatic rings. The molecule has 2 fully saturated rings. The molecule has 0 aliphatic carbocycles. The number of carbonyl (C=O) groups excluding carboxylic acids is 3. The Kier molecular flexibility index (Phi) is 5.54. The quantitative estimate of drug-likeness (QED) is 0.645. The van der Waals surface area contributed by atoms with E-state index in [1.54, 1.807) is 51.7 Å². The highest BCUT2D eigenvalue weighted by atomic mass is 32.2. The molecule has 9 heteroatoms. The number of fused-ring (bicyclic) bond motifs is 1. The van der Waals surface area contributed by atoms with E-state index < -0.39 is 10.0 Å². The highest BCUT2D eigenvalue weighted by Gasteiger charge is 2.33. The van der Waals surface area contributed by atoms with Gasteiger partial charge in [0.25, 0.3) is 5.91 Å². The number of anilines is 2. The second-order valence-corrected chi connectivity index (χ2v) is 10.6. The Morgan fingerprint density at radius 3 is 2.27 bits per heavy atom. The van der Waals surface area contributed by atoms with Gasteiger partial charge in [-0.05, 0) is 61.2 Å². The molecule has 0 unspecified atom stereocenters. The van der Waals surface area contributed by atoms with Gasteiger partial charge in [0.15, 0.2) is 0 Å². The fourth-order valence-corrected chi connectivity index (χ4v) is 6.37. The molecule has 3 heterocycles. The fourth-order valence-electron chi connectivity index (χ4n) is 4.80. The number of benzene rings is 2. The molecule has 0 aromatic heterocycles. The van der Waals surface area contributed by atoms with E-state index in [2.05, 4.69) is 0 Å². The van der Waals surface area contributed by atoms with Crippen molar-refractivity contribution in [3.8, 4) is 0 Å². The van der Waals surface area contributed by atoms with Crippen LogP contribution in [0.1, 0.15) is 48.0 Å². The van der Waals surface area contributed by atoms with Crippen molar-refractivity contribution in [2.24, 2.45) is 0 Å². The van der Waals surface area contributed by atoms with Crippen molar-refractivity contribution in [3.05, 3.63) is 53.6 Å². The van der Waals surface area contributed by atoms with Crippen LogP contribution in [-0.4, -0.2) is 50.1 Å². The minimum absolute atomic E-state index is 0.180. The predicted molar refractivity (Wildman–Crippen MR) is 123 cm³/mol. The zero-order chi connectivity index (χ0) is 23.2. The second-order valence-electron chi connectivity index (χ2n) is 8.64. The lowest BCUT2D eigenvalue weighted by atomic mass is 10.1. The zero-order valence-corrected chi connectivity index (χ0v) is 19.0. The Labute approximate surface area is 192 Å². The molecule has 0 atom stereocenters. The van der Waals surface area contributed by atoms with Crippen LogP contribution >= 0.6 is 0 Å². The van der Waals surface area contributed by atoms with Crippen LogP contribution in [0.4, 0.5) is 11.4 Å². The molecule has 3 aliphatic heterocycles. The Balaban J connectivity index is 1.40. The average Bonchev–Trinajstić information content (AvgIpc) is 3.41. The number of hydrogen-bond acceptors (Lipinski definition) is 5. The summed E-state index contributed by atoms with van der Waals surface area (Å²) in [5.74, 6) is -0.779. The van der Waals surface area contributed by atoms with Gasteiger partial charge in [0.1, 0.15) is 0 Å². The summed E-state index contributed by atoms with van der Waals surface area (Å²) in [5, 5.41) is 0. The molecule has 172 valence electrons. The first-order chi connectivity index (χ1) is 15.9. The lowest BCUT2D eigenvalue weighted by molar-refractivity contribution is -0.121. The lowest BCUT2D eigenvalue weighted by Gasteiger charge is -2.26. The first kappa shape index (κ1) is 21.8. The van der Waals surface area contributed by atoms with Crippen LogP contribution in [0.2, 0.25) is 0 Å². The molecule has 0 N–H and O–H groups in total. The number of sulfonamides is 1. The van der Waals surface area contributed by atoms with Crippen LogP contribution in [-0.2, 0) is 26.0 Å². The van der Waals surface area contributed by atoms with E-state index in [0.717, 1.165) is 29.7 Å². The van der Waals surface area contributed by atoms with Gasteiger partial charge in [0, 0.05) is 43.7 Å². The van der Waals surface area contributed by atoms with Crippen molar-refractivity contribution in [2.45, 2.75) is 43.4 Å². The average molecular weight is 468 g/mol. The van der Waals surface area contributed by atoms with Crippen molar-refractivity contribution in [1.82, 2.24) is 4.31 Å². The molecule has 2 aromatic rings. The van der Waals surface area contributed by atoms with E-state index in [1.165, 1.54) is 0 Å². The second kappa shape index (κ2) is 8.39. The molecule has 33 heavy (non-hydrogen) atoms. The first-order valence-corrected chi connectivity index (χ1v) is 12.7. The summed E-state index contributed by atoms with van der Waals surface area (Å²) in [4.78, 5) is 40.4. The summed E-state index contributed by atoms with van der Waals surface area (Å²) in [6.45, 7) is 1.53. The normalized spacial score (nSPS) is 19.3. The maximum atomic E-state index is 13.3.